The summed E-state index contributed by atoms with van der Waals surface area (Å²) in [6, 6.07) is 15.6. The normalized spacial score (nSPS) is 12.1. The second-order valence-electron chi connectivity index (χ2n) is 9.30. The second kappa shape index (κ2) is 8.27. The number of hydrogen-bond donors (Lipinski definition) is 1. The third-order valence-electron chi connectivity index (χ3n) is 5.28. The highest BCUT2D eigenvalue weighted by Crippen LogP contribution is 2.31. The number of nitrogens with zero attached hydrogens (tertiary/aromatic N) is 2. The molecule has 3 rings (SSSR count). The Labute approximate surface area is 184 Å². The maximum atomic E-state index is 13.1. The number of nitrogens with one attached hydrogen (secondary N) is 1. The minimum atomic E-state index is -0.277. The van der Waals surface area contributed by atoms with Gasteiger partial charge in [-0.3, -0.25) is 9.48 Å². The average Bonchev–Trinajstić information content (AvgIpc) is 3.18. The number of benzene rings is 2. The Morgan fingerprint density at radius 3 is 2.20 bits per heavy atom. The SMILES string of the molecule is CCC(C)(C)NC(=O)c1cc(-c2ccc(Cl)cc2)cc(-c2ccnn2C(C)(C)C)c1. The van der Waals surface area contributed by atoms with Crippen molar-refractivity contribution in [3.8, 4) is 22.4 Å². The van der Waals surface area contributed by atoms with E-state index in [9.17, 15) is 4.79 Å². The second-order valence-corrected chi connectivity index (χ2v) is 9.73. The molecule has 30 heavy (non-hydrogen) atoms. The molecule has 0 aliphatic carbocycles. The Bertz CT molecular complexity index is 1040. The monoisotopic (exact) mass is 423 g/mol. The minimum Gasteiger partial charge on any atom is -0.347 e. The van der Waals surface area contributed by atoms with Crippen LogP contribution in [-0.4, -0.2) is 21.2 Å². The Balaban J connectivity index is 2.15. The lowest BCUT2D eigenvalue weighted by Crippen LogP contribution is -2.42. The third kappa shape index (κ3) is 4.93. The molecule has 1 N–H and O–H groups in total. The molecule has 0 bridgehead atoms. The van der Waals surface area contributed by atoms with E-state index in [1.807, 2.05) is 61.0 Å². The maximum absolute atomic E-state index is 13.1. The molecule has 4 nitrogen and oxygen atoms in total. The van der Waals surface area contributed by atoms with Gasteiger partial charge in [0.05, 0.1) is 11.2 Å². The van der Waals surface area contributed by atoms with Gasteiger partial charge in [0.15, 0.2) is 0 Å². The van der Waals surface area contributed by atoms with Crippen LogP contribution in [0, 0.1) is 0 Å². The molecule has 1 aromatic heterocycles. The van der Waals surface area contributed by atoms with E-state index in [0.717, 1.165) is 28.8 Å². The van der Waals surface area contributed by atoms with Crippen LogP contribution in [0.1, 0.15) is 58.3 Å². The van der Waals surface area contributed by atoms with Crippen molar-refractivity contribution in [2.24, 2.45) is 0 Å². The van der Waals surface area contributed by atoms with E-state index in [0.29, 0.717) is 10.6 Å². The summed E-state index contributed by atoms with van der Waals surface area (Å²) in [6.45, 7) is 12.5. The molecular formula is C25H30ClN3O. The van der Waals surface area contributed by atoms with Gasteiger partial charge < -0.3 is 5.32 Å². The van der Waals surface area contributed by atoms with E-state index in [-0.39, 0.29) is 17.0 Å². The standard InChI is InChI=1S/C25H30ClN3O/c1-7-25(5,6)28-23(30)20-15-18(17-8-10-21(26)11-9-17)14-19(16-20)22-12-13-27-29(22)24(2,3)4/h8-16H,7H2,1-6H3,(H,28,30). The van der Waals surface area contributed by atoms with Gasteiger partial charge in [-0.2, -0.15) is 5.10 Å². The van der Waals surface area contributed by atoms with Crippen molar-refractivity contribution in [2.75, 3.05) is 0 Å². The van der Waals surface area contributed by atoms with Gasteiger partial charge in [0.2, 0.25) is 0 Å². The molecule has 0 aliphatic heterocycles. The highest BCUT2D eigenvalue weighted by Gasteiger charge is 2.22. The molecule has 0 unspecified atom stereocenters. The first-order valence-electron chi connectivity index (χ1n) is 10.3. The first-order valence-corrected chi connectivity index (χ1v) is 10.7. The van der Waals surface area contributed by atoms with Gasteiger partial charge in [-0.25, -0.2) is 0 Å². The van der Waals surface area contributed by atoms with E-state index < -0.39 is 0 Å². The lowest BCUT2D eigenvalue weighted by molar-refractivity contribution is 0.0911. The van der Waals surface area contributed by atoms with Crippen molar-refractivity contribution < 1.29 is 4.79 Å². The van der Waals surface area contributed by atoms with Crippen molar-refractivity contribution in [1.82, 2.24) is 15.1 Å². The van der Waals surface area contributed by atoms with Gasteiger partial charge in [0, 0.05) is 27.9 Å². The molecule has 5 heteroatoms. The van der Waals surface area contributed by atoms with Gasteiger partial charge >= 0.3 is 0 Å². The fourth-order valence-corrected chi connectivity index (χ4v) is 3.37. The summed E-state index contributed by atoms with van der Waals surface area (Å²) in [5, 5.41) is 8.35. The Morgan fingerprint density at radius 2 is 1.60 bits per heavy atom. The number of aromatic nitrogens is 2. The smallest absolute Gasteiger partial charge is 0.251 e. The summed E-state index contributed by atoms with van der Waals surface area (Å²) in [7, 11) is 0. The van der Waals surface area contributed by atoms with Crippen LogP contribution in [-0.2, 0) is 5.54 Å². The third-order valence-corrected chi connectivity index (χ3v) is 5.53. The predicted molar refractivity (Wildman–Crippen MR) is 125 cm³/mol. The van der Waals surface area contributed by atoms with Crippen molar-refractivity contribution in [2.45, 2.75) is 59.0 Å². The van der Waals surface area contributed by atoms with Gasteiger partial charge in [-0.15, -0.1) is 0 Å². The van der Waals surface area contributed by atoms with Crippen LogP contribution in [0.4, 0.5) is 0 Å². The van der Waals surface area contributed by atoms with E-state index >= 15 is 0 Å². The maximum Gasteiger partial charge on any atom is 0.251 e. The largest absolute Gasteiger partial charge is 0.347 e. The molecule has 0 fully saturated rings. The molecule has 3 aromatic rings. The van der Waals surface area contributed by atoms with E-state index in [1.54, 1.807) is 6.20 Å². The van der Waals surface area contributed by atoms with Crippen LogP contribution in [0.5, 0.6) is 0 Å². The van der Waals surface area contributed by atoms with Crippen LogP contribution in [0.2, 0.25) is 5.02 Å². The summed E-state index contributed by atoms with van der Waals surface area (Å²) < 4.78 is 1.99. The fourth-order valence-electron chi connectivity index (χ4n) is 3.24. The van der Waals surface area contributed by atoms with Gasteiger partial charge in [0.1, 0.15) is 0 Å². The first-order chi connectivity index (χ1) is 14.0. The van der Waals surface area contributed by atoms with Crippen LogP contribution in [0.15, 0.2) is 54.7 Å². The molecule has 158 valence electrons. The Hall–Kier alpha value is -2.59. The zero-order valence-electron chi connectivity index (χ0n) is 18.6. The molecule has 2 aromatic carbocycles. The highest BCUT2D eigenvalue weighted by atomic mass is 35.5. The number of carbonyl (C=O) groups is 1. The van der Waals surface area contributed by atoms with E-state index in [2.05, 4.69) is 44.2 Å². The summed E-state index contributed by atoms with van der Waals surface area (Å²) >= 11 is 6.08. The molecule has 0 atom stereocenters. The summed E-state index contributed by atoms with van der Waals surface area (Å²) in [6.07, 6.45) is 2.65. The Kier molecular flexibility index (Phi) is 6.09. The van der Waals surface area contributed by atoms with Crippen LogP contribution in [0.3, 0.4) is 0 Å². The number of amides is 1. The number of carbonyl (C=O) groups excluding carboxylic acids is 1. The zero-order chi connectivity index (χ0) is 22.1. The van der Waals surface area contributed by atoms with Crippen molar-refractivity contribution in [3.63, 3.8) is 0 Å². The Morgan fingerprint density at radius 1 is 0.967 bits per heavy atom. The molecule has 0 spiro atoms. The topological polar surface area (TPSA) is 46.9 Å². The lowest BCUT2D eigenvalue weighted by Gasteiger charge is -2.25. The lowest BCUT2D eigenvalue weighted by atomic mass is 9.96. The van der Waals surface area contributed by atoms with Crippen LogP contribution >= 0.6 is 11.6 Å². The summed E-state index contributed by atoms with van der Waals surface area (Å²) in [4.78, 5) is 13.1. The van der Waals surface area contributed by atoms with Crippen molar-refractivity contribution >= 4 is 17.5 Å². The summed E-state index contributed by atoms with van der Waals surface area (Å²) in [5.74, 6) is -0.0827. The molecule has 0 saturated carbocycles. The molecule has 1 amide bonds. The molecule has 0 aliphatic rings. The number of hydrogen-bond acceptors (Lipinski definition) is 2. The number of halogens is 1. The average molecular weight is 424 g/mol. The van der Waals surface area contributed by atoms with Crippen LogP contribution in [0.25, 0.3) is 22.4 Å². The van der Waals surface area contributed by atoms with Crippen molar-refractivity contribution in [1.29, 1.82) is 0 Å². The van der Waals surface area contributed by atoms with Gasteiger partial charge in [-0.1, -0.05) is 30.7 Å². The highest BCUT2D eigenvalue weighted by molar-refractivity contribution is 6.30. The molecule has 1 heterocycles. The van der Waals surface area contributed by atoms with Crippen molar-refractivity contribution in [3.05, 3.63) is 65.3 Å². The zero-order valence-corrected chi connectivity index (χ0v) is 19.3. The molecule has 0 radical (unpaired) electrons. The van der Waals surface area contributed by atoms with Gasteiger partial charge in [0.25, 0.3) is 5.91 Å². The fraction of sp³-hybridized carbons (Fsp3) is 0.360. The number of rotatable bonds is 5. The summed E-state index contributed by atoms with van der Waals surface area (Å²) in [5.41, 5.74) is 4.07. The first kappa shape index (κ1) is 22.1. The van der Waals surface area contributed by atoms with E-state index in [4.69, 9.17) is 11.6 Å². The quantitative estimate of drug-likeness (QED) is 0.506. The van der Waals surface area contributed by atoms with E-state index in [1.165, 1.54) is 0 Å². The molecule has 0 saturated heterocycles. The van der Waals surface area contributed by atoms with Gasteiger partial charge in [-0.05, 0) is 88.6 Å². The predicted octanol–water partition coefficient (Wildman–Crippen LogP) is 6.54. The molecular weight excluding hydrogens is 394 g/mol. The van der Waals surface area contributed by atoms with Crippen LogP contribution < -0.4 is 5.32 Å². The minimum absolute atomic E-state index is 0.0827.